The molecule has 0 aromatic heterocycles. The van der Waals surface area contributed by atoms with Crippen molar-refractivity contribution in [2.24, 2.45) is 0 Å². The van der Waals surface area contributed by atoms with E-state index in [-0.39, 0.29) is 5.69 Å². The molecular weight excluding hydrogens is 284 g/mol. The molecule has 6 nitrogen and oxygen atoms in total. The van der Waals surface area contributed by atoms with Crippen LogP contribution in [-0.2, 0) is 11.2 Å². The van der Waals surface area contributed by atoms with Gasteiger partial charge in [0, 0.05) is 18.7 Å². The lowest BCUT2D eigenvalue weighted by atomic mass is 10.1. The highest BCUT2D eigenvalue weighted by molar-refractivity contribution is 5.99. The summed E-state index contributed by atoms with van der Waals surface area (Å²) in [7, 11) is 0. The zero-order valence-electron chi connectivity index (χ0n) is 11.7. The number of hydrogen-bond acceptors (Lipinski definition) is 4. The third kappa shape index (κ3) is 2.44. The Bertz CT molecular complexity index is 730. The van der Waals surface area contributed by atoms with Gasteiger partial charge < -0.3 is 10.0 Å². The molecule has 1 heterocycles. The largest absolute Gasteiger partial charge is 0.378 e. The van der Waals surface area contributed by atoms with Gasteiger partial charge in [-0.1, -0.05) is 36.4 Å². The highest BCUT2D eigenvalue weighted by atomic mass is 16.6. The molecule has 0 unspecified atom stereocenters. The predicted molar refractivity (Wildman–Crippen MR) is 80.6 cm³/mol. The molecule has 3 rings (SSSR count). The van der Waals surface area contributed by atoms with Gasteiger partial charge in [-0.05, 0) is 17.5 Å². The molecule has 1 aliphatic rings. The summed E-state index contributed by atoms with van der Waals surface area (Å²) in [6.07, 6.45) is -0.646. The Hall–Kier alpha value is -2.73. The summed E-state index contributed by atoms with van der Waals surface area (Å²) in [4.78, 5) is 24.3. The maximum absolute atomic E-state index is 12.5. The summed E-state index contributed by atoms with van der Waals surface area (Å²) < 4.78 is 0. The van der Waals surface area contributed by atoms with Crippen molar-refractivity contribution >= 4 is 17.3 Å². The van der Waals surface area contributed by atoms with Crippen molar-refractivity contribution in [2.75, 3.05) is 11.4 Å². The normalized spacial score (nSPS) is 14.5. The van der Waals surface area contributed by atoms with Crippen LogP contribution in [0.1, 0.15) is 17.2 Å². The average Bonchev–Trinajstić information content (AvgIpc) is 2.97. The number of aliphatic hydroxyl groups excluding tert-OH is 1. The Balaban J connectivity index is 1.90. The van der Waals surface area contributed by atoms with E-state index in [0.717, 1.165) is 5.56 Å². The molecule has 0 bridgehead atoms. The van der Waals surface area contributed by atoms with E-state index in [1.807, 2.05) is 0 Å². The minimum Gasteiger partial charge on any atom is -0.378 e. The molecule has 112 valence electrons. The Morgan fingerprint density at radius 2 is 1.95 bits per heavy atom. The fraction of sp³-hybridized carbons (Fsp3) is 0.188. The number of non-ortho nitro benzene ring substituents is 1. The lowest BCUT2D eigenvalue weighted by Gasteiger charge is -2.21. The number of rotatable bonds is 3. The summed E-state index contributed by atoms with van der Waals surface area (Å²) in [5.41, 5.74) is 1.83. The lowest BCUT2D eigenvalue weighted by molar-refractivity contribution is -0.384. The quantitative estimate of drug-likeness (QED) is 0.695. The number of anilines is 1. The van der Waals surface area contributed by atoms with Crippen molar-refractivity contribution < 1.29 is 14.8 Å². The molecule has 1 N–H and O–H groups in total. The number of aliphatic hydroxyl groups is 1. The first-order valence-electron chi connectivity index (χ1n) is 6.89. The molecule has 0 saturated heterocycles. The number of nitro groups is 1. The van der Waals surface area contributed by atoms with Crippen LogP contribution in [0.25, 0.3) is 0 Å². The topological polar surface area (TPSA) is 83.7 Å². The van der Waals surface area contributed by atoms with Crippen LogP contribution in [0.15, 0.2) is 48.5 Å². The summed E-state index contributed by atoms with van der Waals surface area (Å²) in [5, 5.41) is 21.1. The number of benzene rings is 2. The Kier molecular flexibility index (Phi) is 3.60. The van der Waals surface area contributed by atoms with Crippen molar-refractivity contribution in [3.05, 3.63) is 69.8 Å². The summed E-state index contributed by atoms with van der Waals surface area (Å²) in [6.45, 7) is 0.416. The number of amides is 1. The fourth-order valence-corrected chi connectivity index (χ4v) is 2.64. The summed E-state index contributed by atoms with van der Waals surface area (Å²) in [6, 6.07) is 13.1. The first-order valence-corrected chi connectivity index (χ1v) is 6.89. The first-order chi connectivity index (χ1) is 10.6. The summed E-state index contributed by atoms with van der Waals surface area (Å²) in [5.74, 6) is -0.467. The Morgan fingerprint density at radius 3 is 2.64 bits per heavy atom. The van der Waals surface area contributed by atoms with Crippen molar-refractivity contribution in [3.8, 4) is 0 Å². The monoisotopic (exact) mass is 298 g/mol. The minimum absolute atomic E-state index is 0.0624. The van der Waals surface area contributed by atoms with Crippen LogP contribution < -0.4 is 4.90 Å². The van der Waals surface area contributed by atoms with Crippen molar-refractivity contribution in [1.82, 2.24) is 0 Å². The van der Waals surface area contributed by atoms with Crippen LogP contribution in [-0.4, -0.2) is 22.5 Å². The van der Waals surface area contributed by atoms with Crippen LogP contribution in [0.5, 0.6) is 0 Å². The summed E-state index contributed by atoms with van der Waals surface area (Å²) >= 11 is 0. The minimum atomic E-state index is -1.27. The van der Waals surface area contributed by atoms with E-state index in [1.165, 1.54) is 17.0 Å². The van der Waals surface area contributed by atoms with E-state index in [1.54, 1.807) is 36.4 Å². The average molecular weight is 298 g/mol. The van der Waals surface area contributed by atoms with E-state index in [9.17, 15) is 20.0 Å². The van der Waals surface area contributed by atoms with Crippen LogP contribution in [0, 0.1) is 10.1 Å². The van der Waals surface area contributed by atoms with Crippen LogP contribution in [0.2, 0.25) is 0 Å². The van der Waals surface area contributed by atoms with Crippen LogP contribution in [0.3, 0.4) is 0 Å². The van der Waals surface area contributed by atoms with Gasteiger partial charge in [0.05, 0.1) is 10.6 Å². The number of nitrogens with zero attached hydrogens (tertiary/aromatic N) is 2. The molecule has 2 aromatic carbocycles. The van der Waals surface area contributed by atoms with Crippen LogP contribution >= 0.6 is 0 Å². The second-order valence-electron chi connectivity index (χ2n) is 5.12. The number of hydrogen-bond donors (Lipinski definition) is 1. The second kappa shape index (κ2) is 5.57. The van der Waals surface area contributed by atoms with Gasteiger partial charge in [-0.3, -0.25) is 14.9 Å². The molecule has 1 atom stereocenters. The molecule has 0 aliphatic carbocycles. The van der Waals surface area contributed by atoms with Gasteiger partial charge in [0.15, 0.2) is 6.10 Å². The molecule has 22 heavy (non-hydrogen) atoms. The third-order valence-corrected chi connectivity index (χ3v) is 3.79. The van der Waals surface area contributed by atoms with Crippen molar-refractivity contribution in [1.29, 1.82) is 0 Å². The molecule has 0 spiro atoms. The maximum atomic E-state index is 12.5. The van der Waals surface area contributed by atoms with Gasteiger partial charge in [0.1, 0.15) is 0 Å². The Labute approximate surface area is 126 Å². The number of nitro benzene ring substituents is 1. The van der Waals surface area contributed by atoms with Crippen LogP contribution in [0.4, 0.5) is 11.4 Å². The molecular formula is C16H14N2O4. The van der Waals surface area contributed by atoms with Gasteiger partial charge in [0.25, 0.3) is 11.6 Å². The third-order valence-electron chi connectivity index (χ3n) is 3.79. The molecule has 0 fully saturated rings. The van der Waals surface area contributed by atoms with Crippen molar-refractivity contribution in [3.63, 3.8) is 0 Å². The molecule has 2 aromatic rings. The van der Waals surface area contributed by atoms with Gasteiger partial charge in [-0.25, -0.2) is 0 Å². The fourth-order valence-electron chi connectivity index (χ4n) is 2.64. The molecule has 0 saturated carbocycles. The SMILES string of the molecule is O=C([C@H](O)c1ccccc1)N1CCc2ccc([N+](=O)[O-])cc21. The van der Waals surface area contributed by atoms with E-state index in [4.69, 9.17) is 0 Å². The smallest absolute Gasteiger partial charge is 0.271 e. The number of fused-ring (bicyclic) bond motifs is 1. The second-order valence-corrected chi connectivity index (χ2v) is 5.12. The highest BCUT2D eigenvalue weighted by Gasteiger charge is 2.31. The zero-order chi connectivity index (χ0) is 15.7. The van der Waals surface area contributed by atoms with Gasteiger partial charge in [-0.15, -0.1) is 0 Å². The van der Waals surface area contributed by atoms with E-state index in [0.29, 0.717) is 24.2 Å². The van der Waals surface area contributed by atoms with Gasteiger partial charge in [0.2, 0.25) is 0 Å². The molecule has 1 amide bonds. The Morgan fingerprint density at radius 1 is 1.23 bits per heavy atom. The molecule has 0 radical (unpaired) electrons. The highest BCUT2D eigenvalue weighted by Crippen LogP contribution is 2.33. The van der Waals surface area contributed by atoms with Gasteiger partial charge >= 0.3 is 0 Å². The number of carbonyl (C=O) groups is 1. The molecule has 1 aliphatic heterocycles. The zero-order valence-corrected chi connectivity index (χ0v) is 11.7. The van der Waals surface area contributed by atoms with E-state index in [2.05, 4.69) is 0 Å². The number of carbonyl (C=O) groups excluding carboxylic acids is 1. The van der Waals surface area contributed by atoms with Crippen molar-refractivity contribution in [2.45, 2.75) is 12.5 Å². The maximum Gasteiger partial charge on any atom is 0.271 e. The lowest BCUT2D eigenvalue weighted by Crippen LogP contribution is -2.33. The molecule has 6 heteroatoms. The predicted octanol–water partition coefficient (Wildman–Crippen LogP) is 2.22. The standard InChI is InChI=1S/C16H14N2O4/c19-15(12-4-2-1-3-5-12)16(20)17-9-8-11-6-7-13(18(21)22)10-14(11)17/h1-7,10,15,19H,8-9H2/t15-/m1/s1. The van der Waals surface area contributed by atoms with Gasteiger partial charge in [-0.2, -0.15) is 0 Å². The first kappa shape index (κ1) is 14.2. The van der Waals surface area contributed by atoms with E-state index >= 15 is 0 Å². The van der Waals surface area contributed by atoms with E-state index < -0.39 is 16.9 Å².